The molecule has 4 nitrogen and oxygen atoms in total. The van der Waals surface area contributed by atoms with E-state index >= 15 is 0 Å². The van der Waals surface area contributed by atoms with Crippen molar-refractivity contribution in [3.05, 3.63) is 53.6 Å². The Hall–Kier alpha value is -2.63. The van der Waals surface area contributed by atoms with Gasteiger partial charge in [-0.3, -0.25) is 0 Å². The number of para-hydroxylation sites is 1. The van der Waals surface area contributed by atoms with E-state index in [1.807, 2.05) is 0 Å². The van der Waals surface area contributed by atoms with Crippen LogP contribution in [0.1, 0.15) is 10.4 Å². The Kier molecular flexibility index (Phi) is 3.33. The first-order valence-corrected chi connectivity index (χ1v) is 5.32. The monoisotopic (exact) mass is 264 g/mol. The van der Waals surface area contributed by atoms with Crippen LogP contribution >= 0.6 is 0 Å². The number of carboxylic acids is 1. The smallest absolute Gasteiger partial charge is 0.337 e. The molecule has 0 saturated heterocycles. The zero-order valence-corrected chi connectivity index (χ0v) is 9.65. The topological polar surface area (TPSA) is 75.3 Å². The SMILES string of the molecule is Nc1c(Nc2cc(F)cc(F)c2)cccc1C(=O)O. The van der Waals surface area contributed by atoms with Gasteiger partial charge in [0.2, 0.25) is 0 Å². The highest BCUT2D eigenvalue weighted by Gasteiger charge is 2.11. The first-order chi connectivity index (χ1) is 8.97. The van der Waals surface area contributed by atoms with Gasteiger partial charge in [-0.05, 0) is 24.3 Å². The van der Waals surface area contributed by atoms with Crippen molar-refractivity contribution < 1.29 is 18.7 Å². The molecule has 0 heterocycles. The molecule has 0 spiro atoms. The van der Waals surface area contributed by atoms with Crippen molar-refractivity contribution in [2.45, 2.75) is 0 Å². The summed E-state index contributed by atoms with van der Waals surface area (Å²) < 4.78 is 26.1. The van der Waals surface area contributed by atoms with Crippen molar-refractivity contribution >= 4 is 23.0 Å². The molecular formula is C13H10F2N2O2. The van der Waals surface area contributed by atoms with E-state index in [2.05, 4.69) is 5.32 Å². The lowest BCUT2D eigenvalue weighted by molar-refractivity contribution is 0.0698. The number of anilines is 3. The van der Waals surface area contributed by atoms with Gasteiger partial charge in [-0.1, -0.05) is 6.07 Å². The lowest BCUT2D eigenvalue weighted by atomic mass is 10.1. The Morgan fingerprint density at radius 1 is 1.16 bits per heavy atom. The third-order valence-electron chi connectivity index (χ3n) is 2.48. The molecule has 0 radical (unpaired) electrons. The van der Waals surface area contributed by atoms with E-state index in [1.165, 1.54) is 18.2 Å². The number of hydrogen-bond acceptors (Lipinski definition) is 3. The predicted octanol–water partition coefficient (Wildman–Crippen LogP) is 2.99. The molecule has 0 fully saturated rings. The van der Waals surface area contributed by atoms with Crippen LogP contribution in [0.25, 0.3) is 0 Å². The van der Waals surface area contributed by atoms with E-state index in [0.717, 1.165) is 18.2 Å². The van der Waals surface area contributed by atoms with Gasteiger partial charge < -0.3 is 16.2 Å². The molecule has 0 atom stereocenters. The van der Waals surface area contributed by atoms with Gasteiger partial charge in [-0.25, -0.2) is 13.6 Å². The zero-order valence-electron chi connectivity index (χ0n) is 9.65. The quantitative estimate of drug-likeness (QED) is 0.745. The summed E-state index contributed by atoms with van der Waals surface area (Å²) in [4.78, 5) is 10.9. The number of nitrogens with two attached hydrogens (primary N) is 1. The molecule has 4 N–H and O–H groups in total. The number of nitrogens with one attached hydrogen (secondary N) is 1. The number of nitrogen functional groups attached to an aromatic ring is 1. The molecule has 2 aromatic carbocycles. The highest BCUT2D eigenvalue weighted by atomic mass is 19.1. The summed E-state index contributed by atoms with van der Waals surface area (Å²) >= 11 is 0. The van der Waals surface area contributed by atoms with Gasteiger partial charge in [0.1, 0.15) is 11.6 Å². The second-order valence-corrected chi connectivity index (χ2v) is 3.86. The van der Waals surface area contributed by atoms with Gasteiger partial charge in [-0.15, -0.1) is 0 Å². The van der Waals surface area contributed by atoms with Crippen LogP contribution < -0.4 is 11.1 Å². The summed E-state index contributed by atoms with van der Waals surface area (Å²) in [6, 6.07) is 7.24. The third-order valence-corrected chi connectivity index (χ3v) is 2.48. The molecule has 98 valence electrons. The predicted molar refractivity (Wildman–Crippen MR) is 67.5 cm³/mol. The van der Waals surface area contributed by atoms with Gasteiger partial charge in [0.25, 0.3) is 0 Å². The van der Waals surface area contributed by atoms with E-state index < -0.39 is 17.6 Å². The van der Waals surface area contributed by atoms with Crippen molar-refractivity contribution in [3.63, 3.8) is 0 Å². The molecular weight excluding hydrogens is 254 g/mol. The number of carbonyl (C=O) groups is 1. The van der Waals surface area contributed by atoms with E-state index in [1.54, 1.807) is 0 Å². The van der Waals surface area contributed by atoms with E-state index in [4.69, 9.17) is 10.8 Å². The summed E-state index contributed by atoms with van der Waals surface area (Å²) in [5, 5.41) is 11.6. The molecule has 2 rings (SSSR count). The molecule has 0 unspecified atom stereocenters. The fourth-order valence-electron chi connectivity index (χ4n) is 1.64. The minimum atomic E-state index is -1.17. The van der Waals surface area contributed by atoms with Crippen LogP contribution in [0.3, 0.4) is 0 Å². The van der Waals surface area contributed by atoms with Crippen molar-refractivity contribution in [2.75, 3.05) is 11.1 Å². The van der Waals surface area contributed by atoms with Crippen LogP contribution in [-0.4, -0.2) is 11.1 Å². The minimum Gasteiger partial charge on any atom is -0.478 e. The van der Waals surface area contributed by atoms with Crippen LogP contribution in [0.15, 0.2) is 36.4 Å². The molecule has 0 aliphatic heterocycles. The first kappa shape index (κ1) is 12.8. The Bertz CT molecular complexity index is 624. The summed E-state index contributed by atoms with van der Waals surface area (Å²) in [5.41, 5.74) is 6.01. The fourth-order valence-corrected chi connectivity index (χ4v) is 1.64. The summed E-state index contributed by atoms with van der Waals surface area (Å²) in [7, 11) is 0. The largest absolute Gasteiger partial charge is 0.478 e. The summed E-state index contributed by atoms with van der Waals surface area (Å²) in [6.45, 7) is 0. The number of carboxylic acid groups (broad SMARTS) is 1. The van der Waals surface area contributed by atoms with Crippen molar-refractivity contribution in [3.8, 4) is 0 Å². The highest BCUT2D eigenvalue weighted by molar-refractivity contribution is 5.97. The number of benzene rings is 2. The number of rotatable bonds is 3. The maximum Gasteiger partial charge on any atom is 0.337 e. The molecule has 0 saturated carbocycles. The molecule has 0 aliphatic carbocycles. The Morgan fingerprint density at radius 2 is 1.79 bits per heavy atom. The molecule has 0 amide bonds. The van der Waals surface area contributed by atoms with Crippen LogP contribution in [0, 0.1) is 11.6 Å². The lowest BCUT2D eigenvalue weighted by Crippen LogP contribution is -2.05. The Labute approximate surface area is 107 Å². The van der Waals surface area contributed by atoms with Gasteiger partial charge in [0, 0.05) is 11.8 Å². The second kappa shape index (κ2) is 4.93. The fraction of sp³-hybridized carbons (Fsp3) is 0. The molecule has 6 heteroatoms. The van der Waals surface area contributed by atoms with Gasteiger partial charge >= 0.3 is 5.97 Å². The minimum absolute atomic E-state index is 0.000306. The van der Waals surface area contributed by atoms with Crippen LogP contribution in [0.2, 0.25) is 0 Å². The molecule has 19 heavy (non-hydrogen) atoms. The lowest BCUT2D eigenvalue weighted by Gasteiger charge is -2.11. The van der Waals surface area contributed by atoms with E-state index in [-0.39, 0.29) is 22.6 Å². The number of aromatic carboxylic acids is 1. The standard InChI is InChI=1S/C13H10F2N2O2/c14-7-4-8(15)6-9(5-7)17-11-3-1-2-10(12(11)16)13(18)19/h1-6,17H,16H2,(H,18,19). The van der Waals surface area contributed by atoms with Crippen molar-refractivity contribution in [1.82, 2.24) is 0 Å². The molecule has 0 aliphatic rings. The number of hydrogen-bond donors (Lipinski definition) is 3. The van der Waals surface area contributed by atoms with Gasteiger partial charge in [-0.2, -0.15) is 0 Å². The third kappa shape index (κ3) is 2.79. The summed E-state index contributed by atoms with van der Waals surface area (Å²) in [5.74, 6) is -2.66. The first-order valence-electron chi connectivity index (χ1n) is 5.32. The average Bonchev–Trinajstić information content (AvgIpc) is 2.30. The van der Waals surface area contributed by atoms with Gasteiger partial charge in [0.15, 0.2) is 0 Å². The second-order valence-electron chi connectivity index (χ2n) is 3.86. The highest BCUT2D eigenvalue weighted by Crippen LogP contribution is 2.27. The van der Waals surface area contributed by atoms with Gasteiger partial charge in [0.05, 0.1) is 16.9 Å². The Morgan fingerprint density at radius 3 is 2.37 bits per heavy atom. The van der Waals surface area contributed by atoms with Crippen LogP contribution in [-0.2, 0) is 0 Å². The zero-order chi connectivity index (χ0) is 14.0. The normalized spacial score (nSPS) is 10.2. The van der Waals surface area contributed by atoms with E-state index in [9.17, 15) is 13.6 Å². The molecule has 2 aromatic rings. The van der Waals surface area contributed by atoms with Crippen molar-refractivity contribution in [2.24, 2.45) is 0 Å². The maximum absolute atomic E-state index is 13.0. The van der Waals surface area contributed by atoms with Crippen molar-refractivity contribution in [1.29, 1.82) is 0 Å². The van der Waals surface area contributed by atoms with Crippen LogP contribution in [0.5, 0.6) is 0 Å². The van der Waals surface area contributed by atoms with Crippen LogP contribution in [0.4, 0.5) is 25.8 Å². The molecule has 0 bridgehead atoms. The summed E-state index contributed by atoms with van der Waals surface area (Å²) in [6.07, 6.45) is 0. The average molecular weight is 264 g/mol. The maximum atomic E-state index is 13.0. The Balaban J connectivity index is 2.38. The molecule has 0 aromatic heterocycles. The van der Waals surface area contributed by atoms with E-state index in [0.29, 0.717) is 0 Å². The number of halogens is 2.